The Hall–Kier alpha value is -2.54. The number of esters is 1. The number of anilines is 1. The van der Waals surface area contributed by atoms with Crippen LogP contribution < -0.4 is 5.32 Å². The van der Waals surface area contributed by atoms with Crippen molar-refractivity contribution in [3.05, 3.63) is 46.5 Å². The molecule has 1 aromatic carbocycles. The molecule has 6 nitrogen and oxygen atoms in total. The number of aromatic nitrogens is 1. The molecule has 0 aliphatic heterocycles. The number of rotatable bonds is 5. The lowest BCUT2D eigenvalue weighted by atomic mass is 9.86. The van der Waals surface area contributed by atoms with Gasteiger partial charge >= 0.3 is 5.97 Å². The number of ketones is 1. The Labute approximate surface area is 150 Å². The van der Waals surface area contributed by atoms with Crippen LogP contribution in [0.2, 0.25) is 0 Å². The Morgan fingerprint density at radius 1 is 1.16 bits per heavy atom. The highest BCUT2D eigenvalue weighted by Crippen LogP contribution is 2.22. The van der Waals surface area contributed by atoms with Gasteiger partial charge in [0.15, 0.2) is 23.2 Å². The maximum absolute atomic E-state index is 12.1. The van der Waals surface area contributed by atoms with E-state index in [4.69, 9.17) is 4.74 Å². The minimum Gasteiger partial charge on any atom is -0.453 e. The number of ether oxygens (including phenoxy) is 1. The van der Waals surface area contributed by atoms with Crippen LogP contribution in [0.15, 0.2) is 29.6 Å². The molecule has 132 valence electrons. The Morgan fingerprint density at radius 2 is 1.80 bits per heavy atom. The number of amides is 1. The van der Waals surface area contributed by atoms with Crippen molar-refractivity contribution < 1.29 is 19.1 Å². The third-order valence-electron chi connectivity index (χ3n) is 3.40. The van der Waals surface area contributed by atoms with Crippen molar-refractivity contribution in [1.29, 1.82) is 0 Å². The van der Waals surface area contributed by atoms with Gasteiger partial charge in [0.2, 0.25) is 5.91 Å². The zero-order valence-electron chi connectivity index (χ0n) is 14.6. The van der Waals surface area contributed by atoms with Gasteiger partial charge < -0.3 is 10.1 Å². The van der Waals surface area contributed by atoms with Crippen molar-refractivity contribution in [2.45, 2.75) is 33.1 Å². The van der Waals surface area contributed by atoms with Crippen LogP contribution in [0.25, 0.3) is 0 Å². The van der Waals surface area contributed by atoms with Gasteiger partial charge in [0.25, 0.3) is 0 Å². The molecule has 0 spiro atoms. The maximum atomic E-state index is 12.1. The van der Waals surface area contributed by atoms with Gasteiger partial charge in [0.1, 0.15) is 0 Å². The minimum atomic E-state index is -0.701. The Morgan fingerprint density at radius 3 is 2.36 bits per heavy atom. The summed E-state index contributed by atoms with van der Waals surface area (Å²) < 4.78 is 5.00. The summed E-state index contributed by atoms with van der Waals surface area (Å²) in [6.07, 6.45) is 0. The third kappa shape index (κ3) is 5.22. The SMILES string of the molecule is CC(=O)Nc1nc(C(=O)OCC(=O)c2ccc(C(C)(C)C)cc2)cs1. The van der Waals surface area contributed by atoms with Gasteiger partial charge in [-0.25, -0.2) is 9.78 Å². The Bertz CT molecular complexity index is 788. The highest BCUT2D eigenvalue weighted by Gasteiger charge is 2.17. The van der Waals surface area contributed by atoms with Crippen LogP contribution in [0.3, 0.4) is 0 Å². The molecule has 0 fully saturated rings. The van der Waals surface area contributed by atoms with E-state index in [-0.39, 0.29) is 29.4 Å². The molecule has 1 amide bonds. The summed E-state index contributed by atoms with van der Waals surface area (Å²) >= 11 is 1.11. The first kappa shape index (κ1) is 18.8. The minimum absolute atomic E-state index is 0.00424. The summed E-state index contributed by atoms with van der Waals surface area (Å²) in [6.45, 7) is 7.27. The van der Waals surface area contributed by atoms with Crippen LogP contribution >= 0.6 is 11.3 Å². The normalized spacial score (nSPS) is 11.0. The van der Waals surface area contributed by atoms with E-state index in [0.29, 0.717) is 10.7 Å². The second-order valence-corrected chi connectivity index (χ2v) is 7.40. The molecule has 2 rings (SSSR count). The number of benzene rings is 1. The average Bonchev–Trinajstić information content (AvgIpc) is 2.99. The molecule has 1 aromatic heterocycles. The molecule has 0 unspecified atom stereocenters. The lowest BCUT2D eigenvalue weighted by Crippen LogP contribution is -2.15. The summed E-state index contributed by atoms with van der Waals surface area (Å²) in [5.74, 6) is -1.26. The quantitative estimate of drug-likeness (QED) is 0.652. The first-order chi connectivity index (χ1) is 11.7. The van der Waals surface area contributed by atoms with E-state index in [9.17, 15) is 14.4 Å². The molecule has 2 aromatic rings. The van der Waals surface area contributed by atoms with Gasteiger partial charge in [0, 0.05) is 17.9 Å². The predicted octanol–water partition coefficient (Wildman–Crippen LogP) is 3.44. The van der Waals surface area contributed by atoms with E-state index in [1.807, 2.05) is 12.1 Å². The number of nitrogens with zero attached hydrogens (tertiary/aromatic N) is 1. The van der Waals surface area contributed by atoms with Crippen molar-refractivity contribution in [2.24, 2.45) is 0 Å². The van der Waals surface area contributed by atoms with Crippen molar-refractivity contribution in [2.75, 3.05) is 11.9 Å². The fourth-order valence-corrected chi connectivity index (χ4v) is 2.75. The van der Waals surface area contributed by atoms with E-state index >= 15 is 0 Å². The molecule has 0 bridgehead atoms. The molecular formula is C18H20N2O4S. The molecule has 0 aliphatic carbocycles. The second kappa shape index (κ2) is 7.57. The van der Waals surface area contributed by atoms with Gasteiger partial charge in [-0.3, -0.25) is 9.59 Å². The second-order valence-electron chi connectivity index (χ2n) is 6.55. The summed E-state index contributed by atoms with van der Waals surface area (Å²) in [6, 6.07) is 7.26. The molecular weight excluding hydrogens is 340 g/mol. The van der Waals surface area contributed by atoms with Crippen LogP contribution in [-0.2, 0) is 14.9 Å². The zero-order valence-corrected chi connectivity index (χ0v) is 15.4. The van der Waals surface area contributed by atoms with Crippen molar-refractivity contribution >= 4 is 34.1 Å². The summed E-state index contributed by atoms with van der Waals surface area (Å²) in [5.41, 5.74) is 1.67. The molecule has 0 saturated carbocycles. The number of Topliss-reactive ketones (excluding diaryl/α,β-unsaturated/α-hetero) is 1. The van der Waals surface area contributed by atoms with E-state index < -0.39 is 5.97 Å². The van der Waals surface area contributed by atoms with Crippen LogP contribution in [0, 0.1) is 0 Å². The number of nitrogens with one attached hydrogen (secondary N) is 1. The molecule has 25 heavy (non-hydrogen) atoms. The highest BCUT2D eigenvalue weighted by atomic mass is 32.1. The standard InChI is InChI=1S/C18H20N2O4S/c1-11(21)19-17-20-14(10-25-17)16(23)24-9-15(22)12-5-7-13(8-6-12)18(2,3)4/h5-8,10H,9H2,1-4H3,(H,19,20,21). The zero-order chi connectivity index (χ0) is 18.6. The number of hydrogen-bond donors (Lipinski definition) is 1. The summed E-state index contributed by atoms with van der Waals surface area (Å²) in [7, 11) is 0. The number of carbonyl (C=O) groups is 3. The predicted molar refractivity (Wildman–Crippen MR) is 96.2 cm³/mol. The fourth-order valence-electron chi connectivity index (χ4n) is 2.02. The molecule has 7 heteroatoms. The van der Waals surface area contributed by atoms with Crippen molar-refractivity contribution in [3.63, 3.8) is 0 Å². The van der Waals surface area contributed by atoms with Crippen LogP contribution in [-0.4, -0.2) is 29.3 Å². The molecule has 1 N–H and O–H groups in total. The highest BCUT2D eigenvalue weighted by molar-refractivity contribution is 7.14. The van der Waals surface area contributed by atoms with E-state index in [0.717, 1.165) is 16.9 Å². The number of hydrogen-bond acceptors (Lipinski definition) is 6. The molecule has 0 aliphatic rings. The first-order valence-electron chi connectivity index (χ1n) is 7.71. The fraction of sp³-hybridized carbons (Fsp3) is 0.333. The van der Waals surface area contributed by atoms with Gasteiger partial charge in [0.05, 0.1) is 0 Å². The molecule has 0 radical (unpaired) electrons. The maximum Gasteiger partial charge on any atom is 0.358 e. The first-order valence-corrected chi connectivity index (χ1v) is 8.59. The molecule has 1 heterocycles. The van der Waals surface area contributed by atoms with Crippen LogP contribution in [0.4, 0.5) is 5.13 Å². The largest absolute Gasteiger partial charge is 0.453 e. The van der Waals surface area contributed by atoms with Gasteiger partial charge in [-0.05, 0) is 11.0 Å². The van der Waals surface area contributed by atoms with Gasteiger partial charge in [-0.15, -0.1) is 11.3 Å². The Balaban J connectivity index is 1.94. The monoisotopic (exact) mass is 360 g/mol. The number of thiazole rings is 1. The van der Waals surface area contributed by atoms with Crippen molar-refractivity contribution in [3.8, 4) is 0 Å². The average molecular weight is 360 g/mol. The smallest absolute Gasteiger partial charge is 0.358 e. The third-order valence-corrected chi connectivity index (χ3v) is 4.16. The van der Waals surface area contributed by atoms with E-state index in [1.54, 1.807) is 12.1 Å². The van der Waals surface area contributed by atoms with Crippen LogP contribution in [0.1, 0.15) is 54.1 Å². The lowest BCUT2D eigenvalue weighted by Gasteiger charge is -2.18. The van der Waals surface area contributed by atoms with Gasteiger partial charge in [-0.1, -0.05) is 45.0 Å². The lowest BCUT2D eigenvalue weighted by molar-refractivity contribution is -0.114. The van der Waals surface area contributed by atoms with Gasteiger partial charge in [-0.2, -0.15) is 0 Å². The van der Waals surface area contributed by atoms with E-state index in [1.165, 1.54) is 12.3 Å². The topological polar surface area (TPSA) is 85.4 Å². The summed E-state index contributed by atoms with van der Waals surface area (Å²) in [4.78, 5) is 38.9. The molecule has 0 atom stereocenters. The Kier molecular flexibility index (Phi) is 5.69. The summed E-state index contributed by atoms with van der Waals surface area (Å²) in [5, 5.41) is 4.26. The van der Waals surface area contributed by atoms with Crippen molar-refractivity contribution in [1.82, 2.24) is 4.98 Å². The van der Waals surface area contributed by atoms with E-state index in [2.05, 4.69) is 31.1 Å². The number of carbonyl (C=O) groups excluding carboxylic acids is 3. The van der Waals surface area contributed by atoms with Crippen LogP contribution in [0.5, 0.6) is 0 Å². The molecule has 0 saturated heterocycles.